The molecule has 0 spiro atoms. The first-order valence-electron chi connectivity index (χ1n) is 7.59. The molecular weight excluding hydrogens is 306 g/mol. The van der Waals surface area contributed by atoms with Crippen molar-refractivity contribution in [2.45, 2.75) is 13.5 Å². The molecule has 6 heteroatoms. The maximum atomic E-state index is 11.9. The minimum Gasteiger partial charge on any atom is -0.493 e. The smallest absolute Gasteiger partial charge is 0.248 e. The van der Waals surface area contributed by atoms with Crippen molar-refractivity contribution in [2.24, 2.45) is 0 Å². The highest BCUT2D eigenvalue weighted by molar-refractivity contribution is 6.01. The average Bonchev–Trinajstić information content (AvgIpc) is 3.05. The van der Waals surface area contributed by atoms with E-state index in [9.17, 15) is 4.79 Å². The topological polar surface area (TPSA) is 65.4 Å². The van der Waals surface area contributed by atoms with Crippen molar-refractivity contribution in [3.63, 3.8) is 0 Å². The number of benzene rings is 1. The van der Waals surface area contributed by atoms with E-state index in [1.807, 2.05) is 13.0 Å². The van der Waals surface area contributed by atoms with Crippen LogP contribution in [0.4, 0.5) is 5.69 Å². The maximum absolute atomic E-state index is 11.9. The molecule has 0 radical (unpaired) electrons. The fourth-order valence-electron chi connectivity index (χ4n) is 2.01. The van der Waals surface area contributed by atoms with Crippen LogP contribution < -0.4 is 14.8 Å². The first-order chi connectivity index (χ1) is 11.7. The number of methoxy groups -OCH3 is 1. The zero-order valence-corrected chi connectivity index (χ0v) is 13.9. The van der Waals surface area contributed by atoms with Gasteiger partial charge in [0.25, 0.3) is 0 Å². The lowest BCUT2D eigenvalue weighted by atomic mass is 10.2. The largest absolute Gasteiger partial charge is 0.493 e. The molecule has 0 unspecified atom stereocenters. The molecule has 1 heterocycles. The number of nitrogens with one attached hydrogen (secondary N) is 1. The van der Waals surface area contributed by atoms with Gasteiger partial charge in [0.2, 0.25) is 5.91 Å². The average molecular weight is 327 g/mol. The molecule has 2 aromatic rings. The van der Waals surface area contributed by atoms with Crippen molar-refractivity contribution < 1.29 is 14.3 Å². The first-order valence-corrected chi connectivity index (χ1v) is 7.59. The normalized spacial score (nSPS) is 10.6. The number of ether oxygens (including phenoxy) is 2. The van der Waals surface area contributed by atoms with Gasteiger partial charge in [0.15, 0.2) is 11.5 Å². The molecule has 1 aromatic heterocycles. The fourth-order valence-corrected chi connectivity index (χ4v) is 2.01. The van der Waals surface area contributed by atoms with Gasteiger partial charge in [-0.1, -0.05) is 18.7 Å². The van der Waals surface area contributed by atoms with Crippen LogP contribution in [0.3, 0.4) is 0 Å². The molecule has 1 N–H and O–H groups in total. The van der Waals surface area contributed by atoms with Gasteiger partial charge in [-0.25, -0.2) is 0 Å². The van der Waals surface area contributed by atoms with Gasteiger partial charge in [-0.15, -0.1) is 0 Å². The summed E-state index contributed by atoms with van der Waals surface area (Å²) in [6.07, 6.45) is 8.23. The second-order valence-corrected chi connectivity index (χ2v) is 4.92. The Labute approximate surface area is 141 Å². The first kappa shape index (κ1) is 17.3. The number of amides is 1. The Morgan fingerprint density at radius 3 is 2.92 bits per heavy atom. The van der Waals surface area contributed by atoms with E-state index in [0.29, 0.717) is 23.8 Å². The Balaban J connectivity index is 2.02. The van der Waals surface area contributed by atoms with Gasteiger partial charge in [0.05, 0.1) is 19.0 Å². The van der Waals surface area contributed by atoms with Gasteiger partial charge < -0.3 is 14.8 Å². The standard InChI is InChI=1S/C18H21N3O3/c1-4-10-24-16-8-6-14(11-17(16)23-3)7-9-18(22)20-15-12-19-21(5-2)13-15/h4,6-9,11-13H,1,5,10H2,2-3H3,(H,20,22)/b9-7+. The van der Waals surface area contributed by atoms with Gasteiger partial charge >= 0.3 is 0 Å². The zero-order chi connectivity index (χ0) is 17.4. The Kier molecular flexibility index (Phi) is 6.19. The fraction of sp³-hybridized carbons (Fsp3) is 0.222. The summed E-state index contributed by atoms with van der Waals surface area (Å²) in [6.45, 7) is 6.75. The number of hydrogen-bond donors (Lipinski definition) is 1. The summed E-state index contributed by atoms with van der Waals surface area (Å²) in [5.41, 5.74) is 1.49. The van der Waals surface area contributed by atoms with Gasteiger partial charge in [-0.2, -0.15) is 5.10 Å². The minimum atomic E-state index is -0.225. The van der Waals surface area contributed by atoms with Crippen LogP contribution in [0, 0.1) is 0 Å². The Hall–Kier alpha value is -3.02. The van der Waals surface area contributed by atoms with E-state index in [2.05, 4.69) is 17.0 Å². The van der Waals surface area contributed by atoms with Crippen LogP contribution in [0.1, 0.15) is 12.5 Å². The van der Waals surface area contributed by atoms with Crippen LogP contribution >= 0.6 is 0 Å². The molecule has 126 valence electrons. The summed E-state index contributed by atoms with van der Waals surface area (Å²) >= 11 is 0. The number of carbonyl (C=O) groups is 1. The van der Waals surface area contributed by atoms with E-state index >= 15 is 0 Å². The van der Waals surface area contributed by atoms with Crippen molar-refractivity contribution in [2.75, 3.05) is 19.0 Å². The SMILES string of the molecule is C=CCOc1ccc(/C=C/C(=O)Nc2cnn(CC)c2)cc1OC. The van der Waals surface area contributed by atoms with Crippen molar-refractivity contribution in [1.82, 2.24) is 9.78 Å². The molecule has 0 saturated carbocycles. The molecule has 0 saturated heterocycles. The predicted octanol–water partition coefficient (Wildman–Crippen LogP) is 3.13. The van der Waals surface area contributed by atoms with E-state index < -0.39 is 0 Å². The molecule has 0 bridgehead atoms. The third-order valence-electron chi connectivity index (χ3n) is 3.20. The molecule has 1 aromatic carbocycles. The van der Waals surface area contributed by atoms with Gasteiger partial charge in [0.1, 0.15) is 6.61 Å². The van der Waals surface area contributed by atoms with E-state index in [0.717, 1.165) is 12.1 Å². The highest BCUT2D eigenvalue weighted by Gasteiger charge is 2.05. The summed E-state index contributed by atoms with van der Waals surface area (Å²) in [5, 5.41) is 6.86. The Bertz CT molecular complexity index is 735. The molecule has 0 aliphatic heterocycles. The highest BCUT2D eigenvalue weighted by Crippen LogP contribution is 2.28. The molecule has 0 atom stereocenters. The molecule has 0 aliphatic rings. The van der Waals surface area contributed by atoms with E-state index in [4.69, 9.17) is 9.47 Å². The number of carbonyl (C=O) groups excluding carboxylic acids is 1. The van der Waals surface area contributed by atoms with Gasteiger partial charge in [-0.05, 0) is 30.7 Å². The van der Waals surface area contributed by atoms with Crippen molar-refractivity contribution in [1.29, 1.82) is 0 Å². The number of anilines is 1. The quantitative estimate of drug-likeness (QED) is 0.597. The molecule has 6 nitrogen and oxygen atoms in total. The number of aromatic nitrogens is 2. The number of aryl methyl sites for hydroxylation is 1. The molecule has 1 amide bonds. The minimum absolute atomic E-state index is 0.225. The number of rotatable bonds is 8. The third-order valence-corrected chi connectivity index (χ3v) is 3.20. The second-order valence-electron chi connectivity index (χ2n) is 4.92. The van der Waals surface area contributed by atoms with E-state index in [1.165, 1.54) is 6.08 Å². The molecule has 0 aliphatic carbocycles. The maximum Gasteiger partial charge on any atom is 0.248 e. The van der Waals surface area contributed by atoms with Crippen LogP contribution in [0.2, 0.25) is 0 Å². The molecular formula is C18H21N3O3. The monoisotopic (exact) mass is 327 g/mol. The van der Waals surface area contributed by atoms with Crippen molar-refractivity contribution in [3.05, 3.63) is 54.9 Å². The summed E-state index contributed by atoms with van der Waals surface area (Å²) < 4.78 is 12.5. The zero-order valence-electron chi connectivity index (χ0n) is 13.9. The number of nitrogens with zero attached hydrogens (tertiary/aromatic N) is 2. The Morgan fingerprint density at radius 1 is 1.42 bits per heavy atom. The second kappa shape index (κ2) is 8.57. The molecule has 2 rings (SSSR count). The molecule has 0 fully saturated rings. The predicted molar refractivity (Wildman–Crippen MR) is 94.3 cm³/mol. The van der Waals surface area contributed by atoms with Crippen LogP contribution in [0.25, 0.3) is 6.08 Å². The lowest BCUT2D eigenvalue weighted by molar-refractivity contribution is -0.111. The van der Waals surface area contributed by atoms with Gasteiger partial charge in [0, 0.05) is 18.8 Å². The summed E-state index contributed by atoms with van der Waals surface area (Å²) in [6, 6.07) is 5.45. The summed E-state index contributed by atoms with van der Waals surface area (Å²) in [5.74, 6) is 1.01. The summed E-state index contributed by atoms with van der Waals surface area (Å²) in [7, 11) is 1.57. The van der Waals surface area contributed by atoms with E-state index in [1.54, 1.807) is 48.5 Å². The Morgan fingerprint density at radius 2 is 2.25 bits per heavy atom. The lowest BCUT2D eigenvalue weighted by Gasteiger charge is -2.09. The molecule has 24 heavy (non-hydrogen) atoms. The third kappa shape index (κ3) is 4.74. The van der Waals surface area contributed by atoms with Crippen LogP contribution in [-0.2, 0) is 11.3 Å². The lowest BCUT2D eigenvalue weighted by Crippen LogP contribution is -2.07. The van der Waals surface area contributed by atoms with Crippen molar-refractivity contribution >= 4 is 17.7 Å². The van der Waals surface area contributed by atoms with Gasteiger partial charge in [-0.3, -0.25) is 9.48 Å². The summed E-state index contributed by atoms with van der Waals surface area (Å²) in [4.78, 5) is 11.9. The van der Waals surface area contributed by atoms with Crippen LogP contribution in [0.15, 0.2) is 49.3 Å². The van der Waals surface area contributed by atoms with Crippen LogP contribution in [0.5, 0.6) is 11.5 Å². The van der Waals surface area contributed by atoms with Crippen molar-refractivity contribution in [3.8, 4) is 11.5 Å². The highest BCUT2D eigenvalue weighted by atomic mass is 16.5. The number of hydrogen-bond acceptors (Lipinski definition) is 4. The van der Waals surface area contributed by atoms with E-state index in [-0.39, 0.29) is 5.91 Å². The van der Waals surface area contributed by atoms with Crippen LogP contribution in [-0.4, -0.2) is 29.4 Å².